The van der Waals surface area contributed by atoms with Crippen LogP contribution in [0.4, 0.5) is 0 Å². The van der Waals surface area contributed by atoms with Gasteiger partial charge in [0.2, 0.25) is 0 Å². The summed E-state index contributed by atoms with van der Waals surface area (Å²) in [6.07, 6.45) is -0.489. The van der Waals surface area contributed by atoms with Crippen LogP contribution in [0.5, 0.6) is 5.75 Å². The summed E-state index contributed by atoms with van der Waals surface area (Å²) in [4.78, 5) is 2.24. The number of nitrogens with zero attached hydrogens (tertiary/aromatic N) is 1. The fourth-order valence-corrected chi connectivity index (χ4v) is 4.52. The van der Waals surface area contributed by atoms with Crippen molar-refractivity contribution in [3.63, 3.8) is 0 Å². The minimum Gasteiger partial charge on any atom is -0.497 e. The highest BCUT2D eigenvalue weighted by molar-refractivity contribution is 5.35. The van der Waals surface area contributed by atoms with Gasteiger partial charge in [0.25, 0.3) is 0 Å². The zero-order chi connectivity index (χ0) is 17.9. The van der Waals surface area contributed by atoms with Gasteiger partial charge in [-0.1, -0.05) is 42.5 Å². The summed E-state index contributed by atoms with van der Waals surface area (Å²) in [6, 6.07) is 18.3. The molecule has 0 N–H and O–H groups in total. The van der Waals surface area contributed by atoms with E-state index in [1.165, 1.54) is 0 Å². The van der Waals surface area contributed by atoms with Crippen molar-refractivity contribution in [2.75, 3.05) is 13.7 Å². The molecule has 5 rings (SSSR count). The average Bonchev–Trinajstić information content (AvgIpc) is 3.31. The number of benzene rings is 2. The van der Waals surface area contributed by atoms with Gasteiger partial charge in [0.05, 0.1) is 13.7 Å². The second-order valence-corrected chi connectivity index (χ2v) is 7.49. The first-order chi connectivity index (χ1) is 12.6. The maximum Gasteiger partial charge on any atom is 0.149 e. The monoisotopic (exact) mass is 353 g/mol. The highest BCUT2D eigenvalue weighted by atomic mass is 16.7. The lowest BCUT2D eigenvalue weighted by Crippen LogP contribution is -2.40. The van der Waals surface area contributed by atoms with E-state index in [0.29, 0.717) is 6.61 Å². The lowest BCUT2D eigenvalue weighted by atomic mass is 9.94. The Morgan fingerprint density at radius 1 is 0.923 bits per heavy atom. The predicted octanol–water partition coefficient (Wildman–Crippen LogP) is 3.20. The molecule has 0 radical (unpaired) electrons. The Morgan fingerprint density at radius 2 is 1.65 bits per heavy atom. The maximum absolute atomic E-state index is 6.68. The normalized spacial score (nSPS) is 38.5. The van der Waals surface area contributed by atoms with Crippen LogP contribution >= 0.6 is 0 Å². The minimum absolute atomic E-state index is 0.0948. The molecule has 2 aromatic carbocycles. The quantitative estimate of drug-likeness (QED) is 0.847. The summed E-state index contributed by atoms with van der Waals surface area (Å²) in [6.45, 7) is 4.75. The predicted molar refractivity (Wildman–Crippen MR) is 95.5 cm³/mol. The van der Waals surface area contributed by atoms with Gasteiger partial charge >= 0.3 is 0 Å². The maximum atomic E-state index is 6.68. The lowest BCUT2D eigenvalue weighted by Gasteiger charge is -2.33. The highest BCUT2D eigenvalue weighted by Crippen LogP contribution is 2.55. The summed E-state index contributed by atoms with van der Waals surface area (Å²) in [5, 5.41) is 0. The molecule has 5 heteroatoms. The first-order valence-corrected chi connectivity index (χ1v) is 9.01. The van der Waals surface area contributed by atoms with Crippen molar-refractivity contribution in [2.45, 2.75) is 43.7 Å². The van der Waals surface area contributed by atoms with Crippen LogP contribution in [0.1, 0.15) is 25.0 Å². The van der Waals surface area contributed by atoms with E-state index in [0.717, 1.165) is 16.9 Å². The van der Waals surface area contributed by atoms with Crippen molar-refractivity contribution in [3.05, 3.63) is 65.7 Å². The molecule has 3 heterocycles. The molecule has 26 heavy (non-hydrogen) atoms. The Morgan fingerprint density at radius 3 is 2.42 bits per heavy atom. The van der Waals surface area contributed by atoms with Crippen molar-refractivity contribution < 1.29 is 18.9 Å². The van der Waals surface area contributed by atoms with E-state index in [9.17, 15) is 0 Å². The third kappa shape index (κ3) is 2.06. The third-order valence-corrected chi connectivity index (χ3v) is 5.94. The summed E-state index contributed by atoms with van der Waals surface area (Å²) in [7, 11) is 1.68. The largest absolute Gasteiger partial charge is 0.497 e. The number of hydrogen-bond acceptors (Lipinski definition) is 5. The van der Waals surface area contributed by atoms with E-state index in [2.05, 4.69) is 36.9 Å². The fourth-order valence-electron chi connectivity index (χ4n) is 4.52. The Balaban J connectivity index is 1.57. The smallest absolute Gasteiger partial charge is 0.149 e. The van der Waals surface area contributed by atoms with E-state index in [1.807, 2.05) is 36.4 Å². The zero-order valence-electron chi connectivity index (χ0n) is 15.2. The Kier molecular flexibility index (Phi) is 3.46. The average molecular weight is 353 g/mol. The molecule has 0 aliphatic carbocycles. The van der Waals surface area contributed by atoms with E-state index in [4.69, 9.17) is 18.9 Å². The number of rotatable bonds is 3. The van der Waals surface area contributed by atoms with Gasteiger partial charge in [-0.3, -0.25) is 0 Å². The van der Waals surface area contributed by atoms with Gasteiger partial charge in [0.15, 0.2) is 0 Å². The molecule has 3 fully saturated rings. The summed E-state index contributed by atoms with van der Waals surface area (Å²) < 4.78 is 24.6. The Hall–Kier alpha value is -1.92. The van der Waals surface area contributed by atoms with Crippen molar-refractivity contribution in [2.24, 2.45) is 0 Å². The summed E-state index contributed by atoms with van der Waals surface area (Å²) >= 11 is 0. The van der Waals surface area contributed by atoms with Gasteiger partial charge in [-0.05, 0) is 37.1 Å². The molecular formula is C21H23NO4. The van der Waals surface area contributed by atoms with Gasteiger partial charge in [-0.2, -0.15) is 0 Å². The molecule has 0 saturated carbocycles. The molecule has 0 aromatic heterocycles. The second kappa shape index (κ2) is 5.54. The lowest BCUT2D eigenvalue weighted by molar-refractivity contribution is -0.138. The first-order valence-electron chi connectivity index (χ1n) is 9.01. The highest BCUT2D eigenvalue weighted by Gasteiger charge is 2.68. The number of hydrogen-bond donors (Lipinski definition) is 0. The van der Waals surface area contributed by atoms with Crippen LogP contribution < -0.4 is 4.74 Å². The van der Waals surface area contributed by atoms with Crippen molar-refractivity contribution in [1.82, 2.24) is 4.90 Å². The molecule has 3 aliphatic heterocycles. The van der Waals surface area contributed by atoms with Crippen LogP contribution in [-0.4, -0.2) is 37.3 Å². The van der Waals surface area contributed by atoms with Crippen LogP contribution in [0.2, 0.25) is 0 Å². The van der Waals surface area contributed by atoms with E-state index < -0.39 is 11.2 Å². The van der Waals surface area contributed by atoms with Crippen LogP contribution in [-0.2, 0) is 25.4 Å². The van der Waals surface area contributed by atoms with Crippen molar-refractivity contribution in [3.8, 4) is 5.75 Å². The minimum atomic E-state index is -0.590. The molecule has 5 atom stereocenters. The second-order valence-electron chi connectivity index (χ2n) is 7.49. The van der Waals surface area contributed by atoms with Gasteiger partial charge in [0.1, 0.15) is 35.6 Å². The standard InChI is InChI=1S/C21H23NO4/c1-20(14-8-5-4-6-9-14)19-22-17(25-20)13-24-18(22)21(2,26-19)15-10-7-11-16(12-15)23-3/h4-12,17-19H,13H2,1-3H3/t17-,18-,19-,20+,21-/m0/s1. The SMILES string of the molecule is COc1cccc([C@]2(C)O[C@@H]3N4[C@H](CO[C@H]42)O[C@]3(C)c2ccccc2)c1. The van der Waals surface area contributed by atoms with E-state index in [1.54, 1.807) is 7.11 Å². The third-order valence-electron chi connectivity index (χ3n) is 5.94. The molecule has 2 aromatic rings. The van der Waals surface area contributed by atoms with Gasteiger partial charge in [0, 0.05) is 0 Å². The number of methoxy groups -OCH3 is 1. The number of ether oxygens (including phenoxy) is 4. The van der Waals surface area contributed by atoms with Crippen LogP contribution in [0.15, 0.2) is 54.6 Å². The zero-order valence-corrected chi connectivity index (χ0v) is 15.2. The summed E-state index contributed by atoms with van der Waals surface area (Å²) in [5.74, 6) is 0.816. The van der Waals surface area contributed by atoms with Crippen LogP contribution in [0.25, 0.3) is 0 Å². The molecule has 136 valence electrons. The first kappa shape index (κ1) is 16.3. The molecule has 0 amide bonds. The van der Waals surface area contributed by atoms with E-state index in [-0.39, 0.29) is 18.7 Å². The topological polar surface area (TPSA) is 40.2 Å². The van der Waals surface area contributed by atoms with Gasteiger partial charge < -0.3 is 18.9 Å². The van der Waals surface area contributed by atoms with Gasteiger partial charge in [-0.25, -0.2) is 4.90 Å². The molecule has 0 bridgehead atoms. The van der Waals surface area contributed by atoms with Crippen LogP contribution in [0, 0.1) is 0 Å². The molecule has 3 saturated heterocycles. The van der Waals surface area contributed by atoms with E-state index >= 15 is 0 Å². The molecule has 0 spiro atoms. The van der Waals surface area contributed by atoms with Crippen molar-refractivity contribution in [1.29, 1.82) is 0 Å². The molecule has 0 unspecified atom stereocenters. The molecule has 3 aliphatic rings. The molecular weight excluding hydrogens is 330 g/mol. The molecule has 5 nitrogen and oxygen atoms in total. The fraction of sp³-hybridized carbons (Fsp3) is 0.429. The summed E-state index contributed by atoms with van der Waals surface area (Å²) in [5.41, 5.74) is 1.04. The van der Waals surface area contributed by atoms with Crippen LogP contribution in [0.3, 0.4) is 0 Å². The van der Waals surface area contributed by atoms with Gasteiger partial charge in [-0.15, -0.1) is 0 Å². The van der Waals surface area contributed by atoms with Crippen molar-refractivity contribution >= 4 is 0 Å². The Labute approximate surface area is 153 Å². The Bertz CT molecular complexity index is 828.